The fraction of sp³-hybridized carbons (Fsp3) is 0.231. The van der Waals surface area contributed by atoms with Gasteiger partial charge in [0.1, 0.15) is 18.0 Å². The Morgan fingerprint density at radius 1 is 1.11 bits per heavy atom. The Labute approximate surface area is 207 Å². The molecule has 0 aliphatic rings. The van der Waals surface area contributed by atoms with Crippen molar-refractivity contribution in [3.63, 3.8) is 0 Å². The molecule has 0 saturated carbocycles. The zero-order chi connectivity index (χ0) is 25.7. The number of benzene rings is 2. The third kappa shape index (κ3) is 5.38. The molecule has 0 aliphatic heterocycles. The minimum absolute atomic E-state index is 0.0977. The third-order valence-corrected chi connectivity index (χ3v) is 5.67. The topological polar surface area (TPSA) is 117 Å². The van der Waals surface area contributed by atoms with E-state index in [4.69, 9.17) is 14.2 Å². The Balaban J connectivity index is 1.38. The van der Waals surface area contributed by atoms with Crippen LogP contribution in [0.5, 0.6) is 17.2 Å². The molecule has 0 aliphatic carbocycles. The molecule has 1 N–H and O–H groups in total. The quantitative estimate of drug-likeness (QED) is 0.262. The molecule has 0 spiro atoms. The highest BCUT2D eigenvalue weighted by atomic mass is 16.6. The molecule has 186 valence electrons. The lowest BCUT2D eigenvalue weighted by Gasteiger charge is -2.11. The van der Waals surface area contributed by atoms with Crippen LogP contribution in [-0.2, 0) is 13.0 Å². The van der Waals surface area contributed by atoms with Gasteiger partial charge in [-0.25, -0.2) is 4.98 Å². The highest BCUT2D eigenvalue weighted by molar-refractivity contribution is 5.94. The summed E-state index contributed by atoms with van der Waals surface area (Å²) in [6, 6.07) is 13.7. The second-order valence-corrected chi connectivity index (χ2v) is 8.07. The number of carbonyl (C=O) groups excluding carboxylic acids is 1. The number of nitrogens with zero attached hydrogens (tertiary/aromatic N) is 3. The molecule has 4 aromatic rings. The number of nitro benzene ring substituents is 1. The van der Waals surface area contributed by atoms with Gasteiger partial charge in [-0.15, -0.1) is 0 Å². The maximum absolute atomic E-state index is 12.7. The number of amides is 1. The molecule has 0 saturated heterocycles. The summed E-state index contributed by atoms with van der Waals surface area (Å²) < 4.78 is 18.2. The number of aryl methyl sites for hydroxylation is 1. The Morgan fingerprint density at radius 3 is 2.61 bits per heavy atom. The van der Waals surface area contributed by atoms with E-state index in [0.29, 0.717) is 22.6 Å². The molecule has 0 fully saturated rings. The summed E-state index contributed by atoms with van der Waals surface area (Å²) in [5.74, 6) is 0.876. The first kappa shape index (κ1) is 24.5. The summed E-state index contributed by atoms with van der Waals surface area (Å²) in [6.45, 7) is 2.45. The van der Waals surface area contributed by atoms with E-state index in [1.54, 1.807) is 30.3 Å². The van der Waals surface area contributed by atoms with Gasteiger partial charge in [-0.05, 0) is 49.2 Å². The van der Waals surface area contributed by atoms with Crippen molar-refractivity contribution in [2.45, 2.75) is 20.0 Å². The van der Waals surface area contributed by atoms with Crippen LogP contribution < -0.4 is 19.5 Å². The van der Waals surface area contributed by atoms with Gasteiger partial charge in [0.15, 0.2) is 11.5 Å². The molecule has 2 heterocycles. The highest BCUT2D eigenvalue weighted by Gasteiger charge is 2.19. The Bertz CT molecular complexity index is 1420. The van der Waals surface area contributed by atoms with Gasteiger partial charge in [0.2, 0.25) is 0 Å². The lowest BCUT2D eigenvalue weighted by molar-refractivity contribution is -0.385. The first-order chi connectivity index (χ1) is 17.4. The number of ether oxygens (including phenoxy) is 3. The molecule has 1 amide bonds. The van der Waals surface area contributed by atoms with E-state index < -0.39 is 4.92 Å². The largest absolute Gasteiger partial charge is 0.493 e. The Hall–Kier alpha value is -4.60. The van der Waals surface area contributed by atoms with E-state index in [2.05, 4.69) is 10.3 Å². The van der Waals surface area contributed by atoms with Crippen LogP contribution in [0.2, 0.25) is 0 Å². The number of pyridine rings is 1. The Kier molecular flexibility index (Phi) is 7.33. The molecular weight excluding hydrogens is 464 g/mol. The SMILES string of the molecule is COc1cc(CCNC(=O)c2cccc(OCc3cn4cccc(C)c4n3)c2)c([N+](=O)[O-])cc1OC. The lowest BCUT2D eigenvalue weighted by atomic mass is 10.1. The molecule has 10 heteroatoms. The van der Waals surface area contributed by atoms with Crippen molar-refractivity contribution >= 4 is 17.2 Å². The van der Waals surface area contributed by atoms with Gasteiger partial charge >= 0.3 is 0 Å². The van der Waals surface area contributed by atoms with Crippen molar-refractivity contribution in [1.82, 2.24) is 14.7 Å². The number of carbonyl (C=O) groups is 1. The molecule has 2 aromatic carbocycles. The van der Waals surface area contributed by atoms with Crippen LogP contribution in [0, 0.1) is 17.0 Å². The molecule has 0 radical (unpaired) electrons. The maximum Gasteiger partial charge on any atom is 0.276 e. The summed E-state index contributed by atoms with van der Waals surface area (Å²) in [5, 5.41) is 14.3. The predicted molar refractivity (Wildman–Crippen MR) is 133 cm³/mol. The first-order valence-electron chi connectivity index (χ1n) is 11.2. The Morgan fingerprint density at radius 2 is 1.89 bits per heavy atom. The summed E-state index contributed by atoms with van der Waals surface area (Å²) in [7, 11) is 2.87. The van der Waals surface area contributed by atoms with Crippen LogP contribution >= 0.6 is 0 Å². The number of nitrogens with one attached hydrogen (secondary N) is 1. The van der Waals surface area contributed by atoms with Crippen LogP contribution in [-0.4, -0.2) is 41.0 Å². The van der Waals surface area contributed by atoms with E-state index in [1.807, 2.05) is 35.9 Å². The molecule has 0 unspecified atom stereocenters. The summed E-state index contributed by atoms with van der Waals surface area (Å²) in [4.78, 5) is 28.3. The minimum atomic E-state index is -0.482. The summed E-state index contributed by atoms with van der Waals surface area (Å²) in [5.41, 5.74) is 3.47. The number of nitro groups is 1. The van der Waals surface area contributed by atoms with Gasteiger partial charge < -0.3 is 23.9 Å². The standard InChI is InChI=1S/C26H26N4O6/c1-17-6-5-11-29-15-20(28-25(17)29)16-36-21-8-4-7-19(12-21)26(31)27-10-9-18-13-23(34-2)24(35-3)14-22(18)30(32)33/h4-8,11-15H,9-10,16H2,1-3H3,(H,27,31). The molecule has 0 bridgehead atoms. The van der Waals surface area contributed by atoms with E-state index in [1.165, 1.54) is 20.3 Å². The second kappa shape index (κ2) is 10.8. The van der Waals surface area contributed by atoms with Crippen molar-refractivity contribution in [3.05, 3.63) is 93.4 Å². The molecule has 0 atom stereocenters. The van der Waals surface area contributed by atoms with Crippen molar-refractivity contribution in [3.8, 4) is 17.2 Å². The maximum atomic E-state index is 12.7. The van der Waals surface area contributed by atoms with Crippen molar-refractivity contribution in [1.29, 1.82) is 0 Å². The average Bonchev–Trinajstić information content (AvgIpc) is 3.31. The zero-order valence-electron chi connectivity index (χ0n) is 20.2. The molecule has 4 rings (SSSR count). The van der Waals surface area contributed by atoms with Crippen molar-refractivity contribution in [2.75, 3.05) is 20.8 Å². The van der Waals surface area contributed by atoms with Crippen LogP contribution in [0.3, 0.4) is 0 Å². The minimum Gasteiger partial charge on any atom is -0.493 e. The number of hydrogen-bond donors (Lipinski definition) is 1. The fourth-order valence-corrected chi connectivity index (χ4v) is 3.85. The highest BCUT2D eigenvalue weighted by Crippen LogP contribution is 2.34. The van der Waals surface area contributed by atoms with Gasteiger partial charge in [0.25, 0.3) is 11.6 Å². The normalized spacial score (nSPS) is 10.8. The fourth-order valence-electron chi connectivity index (χ4n) is 3.85. The van der Waals surface area contributed by atoms with Gasteiger partial charge in [0, 0.05) is 30.1 Å². The van der Waals surface area contributed by atoms with E-state index in [9.17, 15) is 14.9 Å². The average molecular weight is 491 g/mol. The van der Waals surface area contributed by atoms with Crippen LogP contribution in [0.1, 0.15) is 27.2 Å². The lowest BCUT2D eigenvalue weighted by Crippen LogP contribution is -2.25. The predicted octanol–water partition coefficient (Wildman–Crippen LogP) is 4.12. The van der Waals surface area contributed by atoms with Crippen LogP contribution in [0.25, 0.3) is 5.65 Å². The molecular formula is C26H26N4O6. The monoisotopic (exact) mass is 490 g/mol. The summed E-state index contributed by atoms with van der Waals surface area (Å²) in [6.07, 6.45) is 4.08. The number of aromatic nitrogens is 2. The van der Waals surface area contributed by atoms with Crippen LogP contribution in [0.4, 0.5) is 5.69 Å². The van der Waals surface area contributed by atoms with E-state index in [0.717, 1.165) is 16.9 Å². The number of rotatable bonds is 10. The van der Waals surface area contributed by atoms with Gasteiger partial charge in [0.05, 0.1) is 30.9 Å². The summed E-state index contributed by atoms with van der Waals surface area (Å²) >= 11 is 0. The number of fused-ring (bicyclic) bond motifs is 1. The van der Waals surface area contributed by atoms with Crippen molar-refractivity contribution in [2.24, 2.45) is 0 Å². The molecule has 36 heavy (non-hydrogen) atoms. The van der Waals surface area contributed by atoms with Gasteiger partial charge in [-0.3, -0.25) is 14.9 Å². The number of imidazole rings is 1. The van der Waals surface area contributed by atoms with Gasteiger partial charge in [-0.2, -0.15) is 0 Å². The number of hydrogen-bond acceptors (Lipinski definition) is 7. The smallest absolute Gasteiger partial charge is 0.276 e. The second-order valence-electron chi connectivity index (χ2n) is 8.07. The number of methoxy groups -OCH3 is 2. The van der Waals surface area contributed by atoms with Crippen molar-refractivity contribution < 1.29 is 23.9 Å². The molecule has 2 aromatic heterocycles. The van der Waals surface area contributed by atoms with E-state index >= 15 is 0 Å². The first-order valence-corrected chi connectivity index (χ1v) is 11.2. The van der Waals surface area contributed by atoms with E-state index in [-0.39, 0.29) is 36.9 Å². The molecule has 10 nitrogen and oxygen atoms in total. The van der Waals surface area contributed by atoms with Gasteiger partial charge in [-0.1, -0.05) is 12.1 Å². The van der Waals surface area contributed by atoms with Crippen LogP contribution in [0.15, 0.2) is 60.9 Å². The third-order valence-electron chi connectivity index (χ3n) is 5.67. The zero-order valence-corrected chi connectivity index (χ0v) is 20.2.